The minimum Gasteiger partial charge on any atom is -0.460 e. The van der Waals surface area contributed by atoms with E-state index in [1.165, 1.54) is 0 Å². The third-order valence-corrected chi connectivity index (χ3v) is 6.60. The number of imidazole rings is 1. The molecule has 0 fully saturated rings. The van der Waals surface area contributed by atoms with Crippen molar-refractivity contribution in [3.63, 3.8) is 0 Å². The first-order valence-corrected chi connectivity index (χ1v) is 13.3. The molecule has 3 heterocycles. The van der Waals surface area contributed by atoms with E-state index in [0.29, 0.717) is 12.8 Å². The second-order valence-corrected chi connectivity index (χ2v) is 10.4. The largest absolute Gasteiger partial charge is 0.508 e. The van der Waals surface area contributed by atoms with Gasteiger partial charge in [0.1, 0.15) is 17.5 Å². The zero-order valence-corrected chi connectivity index (χ0v) is 23.5. The predicted octanol–water partition coefficient (Wildman–Crippen LogP) is 5.90. The monoisotopic (exact) mass is 582 g/mol. The SMILES string of the molecule is CCOC(=O)OCCC(C)(C)OC(=O)CC[C@@H]1N=C(c2ccccn2)c2cc(Br)ccc2-n2c(C)cnc21. The number of hydrogen-bond donors (Lipinski definition) is 0. The van der Waals surface area contributed by atoms with Crippen LogP contribution in [0.3, 0.4) is 0 Å². The molecule has 0 N–H and O–H groups in total. The highest BCUT2D eigenvalue weighted by atomic mass is 79.9. The van der Waals surface area contributed by atoms with Crippen molar-refractivity contribution < 1.29 is 23.8 Å². The van der Waals surface area contributed by atoms with Crippen LogP contribution in [0.5, 0.6) is 0 Å². The van der Waals surface area contributed by atoms with Crippen molar-refractivity contribution >= 4 is 33.8 Å². The quantitative estimate of drug-likeness (QED) is 0.289. The number of benzene rings is 1. The molecule has 0 unspecified atom stereocenters. The molecule has 0 spiro atoms. The number of aromatic nitrogens is 3. The maximum Gasteiger partial charge on any atom is 0.508 e. The number of fused-ring (bicyclic) bond motifs is 3. The van der Waals surface area contributed by atoms with Crippen LogP contribution in [0, 0.1) is 6.92 Å². The number of pyridine rings is 1. The highest BCUT2D eigenvalue weighted by Crippen LogP contribution is 2.34. The molecule has 2 aromatic heterocycles. The minimum atomic E-state index is -0.813. The van der Waals surface area contributed by atoms with Gasteiger partial charge in [-0.05, 0) is 64.4 Å². The van der Waals surface area contributed by atoms with E-state index >= 15 is 0 Å². The number of halogens is 1. The Morgan fingerprint density at radius 3 is 2.68 bits per heavy atom. The maximum atomic E-state index is 12.9. The summed E-state index contributed by atoms with van der Waals surface area (Å²) in [6, 6.07) is 11.4. The molecule has 38 heavy (non-hydrogen) atoms. The van der Waals surface area contributed by atoms with E-state index in [1.807, 2.05) is 49.5 Å². The van der Waals surface area contributed by atoms with Crippen molar-refractivity contribution in [1.29, 1.82) is 0 Å². The number of esters is 1. The van der Waals surface area contributed by atoms with Gasteiger partial charge in [-0.25, -0.2) is 9.78 Å². The molecular weight excluding hydrogens is 552 g/mol. The van der Waals surface area contributed by atoms with E-state index in [1.54, 1.807) is 27.0 Å². The summed E-state index contributed by atoms with van der Waals surface area (Å²) in [5.74, 6) is 0.395. The zero-order valence-electron chi connectivity index (χ0n) is 21.9. The molecule has 1 atom stereocenters. The number of aliphatic imine (C=N–C) groups is 1. The molecule has 1 aliphatic heterocycles. The average molecular weight is 583 g/mol. The lowest BCUT2D eigenvalue weighted by atomic mass is 10.0. The van der Waals surface area contributed by atoms with E-state index in [9.17, 15) is 9.59 Å². The summed E-state index contributed by atoms with van der Waals surface area (Å²) in [5.41, 5.74) is 3.51. The number of hydrogen-bond acceptors (Lipinski definition) is 8. The van der Waals surface area contributed by atoms with Crippen LogP contribution in [-0.4, -0.2) is 51.2 Å². The van der Waals surface area contributed by atoms with Gasteiger partial charge >= 0.3 is 12.1 Å². The number of ether oxygens (including phenoxy) is 3. The van der Waals surface area contributed by atoms with E-state index in [4.69, 9.17) is 19.2 Å². The molecule has 200 valence electrons. The summed E-state index contributed by atoms with van der Waals surface area (Å²) in [4.78, 5) is 38.6. The molecule has 10 heteroatoms. The van der Waals surface area contributed by atoms with E-state index in [-0.39, 0.29) is 25.6 Å². The predicted molar refractivity (Wildman–Crippen MR) is 146 cm³/mol. The Hall–Kier alpha value is -3.53. The number of rotatable bonds is 9. The van der Waals surface area contributed by atoms with E-state index < -0.39 is 17.8 Å². The Bertz CT molecular complexity index is 1340. The van der Waals surface area contributed by atoms with Crippen LogP contribution in [0.1, 0.15) is 68.9 Å². The van der Waals surface area contributed by atoms with Gasteiger partial charge in [-0.1, -0.05) is 22.0 Å². The fourth-order valence-electron chi connectivity index (χ4n) is 4.29. The summed E-state index contributed by atoms with van der Waals surface area (Å²) in [7, 11) is 0. The molecule has 0 saturated heterocycles. The smallest absolute Gasteiger partial charge is 0.460 e. The molecule has 4 rings (SSSR count). The lowest BCUT2D eigenvalue weighted by Gasteiger charge is -2.25. The molecule has 9 nitrogen and oxygen atoms in total. The van der Waals surface area contributed by atoms with Crippen molar-refractivity contribution in [3.05, 3.63) is 76.0 Å². The molecule has 0 aliphatic carbocycles. The number of carbonyl (C=O) groups excluding carboxylic acids is 2. The highest BCUT2D eigenvalue weighted by Gasteiger charge is 2.29. The van der Waals surface area contributed by atoms with E-state index in [2.05, 4.69) is 30.5 Å². The first kappa shape index (κ1) is 27.5. The number of carbonyl (C=O) groups is 2. The molecule has 0 amide bonds. The Balaban J connectivity index is 1.55. The van der Waals surface area contributed by atoms with Crippen LogP contribution in [-0.2, 0) is 19.0 Å². The Morgan fingerprint density at radius 2 is 1.95 bits per heavy atom. The van der Waals surface area contributed by atoms with Gasteiger partial charge in [-0.3, -0.25) is 19.3 Å². The lowest BCUT2D eigenvalue weighted by molar-refractivity contribution is -0.157. The molecule has 0 radical (unpaired) electrons. The molecule has 3 aromatic rings. The Morgan fingerprint density at radius 1 is 1.13 bits per heavy atom. The Kier molecular flexibility index (Phi) is 8.61. The second kappa shape index (κ2) is 11.9. The zero-order chi connectivity index (χ0) is 27.3. The fraction of sp³-hybridized carbons (Fsp3) is 0.393. The minimum absolute atomic E-state index is 0.0873. The molecule has 0 bridgehead atoms. The van der Waals surface area contributed by atoms with Gasteiger partial charge in [0.15, 0.2) is 0 Å². The maximum absolute atomic E-state index is 12.9. The number of nitrogens with zero attached hydrogens (tertiary/aromatic N) is 4. The third-order valence-electron chi connectivity index (χ3n) is 6.11. The average Bonchev–Trinajstić information content (AvgIpc) is 3.18. The molecule has 0 saturated carbocycles. The second-order valence-electron chi connectivity index (χ2n) is 9.52. The van der Waals surface area contributed by atoms with Crippen LogP contribution >= 0.6 is 15.9 Å². The topological polar surface area (TPSA) is 105 Å². The number of aryl methyl sites for hydroxylation is 1. The summed E-state index contributed by atoms with van der Waals surface area (Å²) < 4.78 is 18.5. The van der Waals surface area contributed by atoms with Crippen molar-refractivity contribution in [2.24, 2.45) is 4.99 Å². The third kappa shape index (κ3) is 6.48. The molecule has 1 aromatic carbocycles. The van der Waals surface area contributed by atoms with Gasteiger partial charge in [-0.15, -0.1) is 0 Å². The lowest BCUT2D eigenvalue weighted by Crippen LogP contribution is -2.30. The van der Waals surface area contributed by atoms with Crippen LogP contribution in [0.15, 0.2) is 58.3 Å². The molecule has 1 aliphatic rings. The van der Waals surface area contributed by atoms with Crippen LogP contribution in [0.4, 0.5) is 4.79 Å². The first-order valence-electron chi connectivity index (χ1n) is 12.5. The van der Waals surface area contributed by atoms with Gasteiger partial charge in [0.25, 0.3) is 0 Å². The van der Waals surface area contributed by atoms with Gasteiger partial charge in [0.05, 0.1) is 30.3 Å². The van der Waals surface area contributed by atoms with Gasteiger partial charge in [-0.2, -0.15) is 0 Å². The van der Waals surface area contributed by atoms with Crippen molar-refractivity contribution in [3.8, 4) is 5.69 Å². The summed E-state index contributed by atoms with van der Waals surface area (Å²) in [6.45, 7) is 7.60. The first-order chi connectivity index (χ1) is 18.2. The van der Waals surface area contributed by atoms with Crippen molar-refractivity contribution in [2.75, 3.05) is 13.2 Å². The van der Waals surface area contributed by atoms with Gasteiger partial charge < -0.3 is 14.2 Å². The van der Waals surface area contributed by atoms with Crippen molar-refractivity contribution in [2.45, 2.75) is 58.6 Å². The van der Waals surface area contributed by atoms with E-state index in [0.717, 1.165) is 38.6 Å². The highest BCUT2D eigenvalue weighted by molar-refractivity contribution is 9.10. The van der Waals surface area contributed by atoms with Crippen LogP contribution in [0.2, 0.25) is 0 Å². The Labute approximate surface area is 230 Å². The van der Waals surface area contributed by atoms with Gasteiger partial charge in [0.2, 0.25) is 0 Å². The normalized spacial score (nSPS) is 14.6. The van der Waals surface area contributed by atoms with Crippen LogP contribution in [0.25, 0.3) is 5.69 Å². The van der Waals surface area contributed by atoms with Crippen LogP contribution < -0.4 is 0 Å². The summed E-state index contributed by atoms with van der Waals surface area (Å²) in [5, 5.41) is 0. The summed E-state index contributed by atoms with van der Waals surface area (Å²) in [6.07, 6.45) is 3.71. The fourth-order valence-corrected chi connectivity index (χ4v) is 4.65. The van der Waals surface area contributed by atoms with Crippen molar-refractivity contribution in [1.82, 2.24) is 14.5 Å². The summed E-state index contributed by atoms with van der Waals surface area (Å²) >= 11 is 3.60. The van der Waals surface area contributed by atoms with Gasteiger partial charge in [0, 0.05) is 41.0 Å². The standard InChI is InChI=1S/C28H31BrN4O5/c1-5-36-27(35)37-15-13-28(3,4)38-24(34)12-10-22-26-31-17-18(2)33(26)23-11-9-19(29)16-20(23)25(32-22)21-8-6-7-14-30-21/h6-9,11,14,16-17,22H,5,10,12-13,15H2,1-4H3/t22-/m0/s1. The molecular formula is C28H31BrN4O5.